The fourth-order valence-electron chi connectivity index (χ4n) is 1.94. The summed E-state index contributed by atoms with van der Waals surface area (Å²) >= 11 is 0. The Labute approximate surface area is 136 Å². The van der Waals surface area contributed by atoms with E-state index in [1.165, 1.54) is 42.7 Å². The second-order valence-electron chi connectivity index (χ2n) is 4.85. The molecule has 1 amide bonds. The molecule has 0 atom stereocenters. The lowest BCUT2D eigenvalue weighted by Gasteiger charge is -2.07. The van der Waals surface area contributed by atoms with Gasteiger partial charge in [-0.15, -0.1) is 0 Å². The van der Waals surface area contributed by atoms with E-state index in [0.717, 1.165) is 0 Å². The third-order valence-electron chi connectivity index (χ3n) is 3.12. The summed E-state index contributed by atoms with van der Waals surface area (Å²) < 4.78 is 26.4. The summed E-state index contributed by atoms with van der Waals surface area (Å²) in [6, 6.07) is 11.5. The molecule has 0 bridgehead atoms. The molecule has 5 nitrogen and oxygen atoms in total. The van der Waals surface area contributed by atoms with E-state index < -0.39 is 17.5 Å². The first-order valence-corrected chi connectivity index (χ1v) is 7.02. The molecule has 0 radical (unpaired) electrons. The average Bonchev–Trinajstić information content (AvgIpc) is 2.59. The molecule has 0 aliphatic rings. The van der Waals surface area contributed by atoms with Crippen LogP contribution >= 0.6 is 0 Å². The molecule has 0 saturated heterocycles. The number of nitrogens with one attached hydrogen (secondary N) is 2. The fraction of sp³-hybridized carbons (Fsp3) is 0. The van der Waals surface area contributed by atoms with Crippen LogP contribution in [0.5, 0.6) is 0 Å². The molecule has 0 fully saturated rings. The lowest BCUT2D eigenvalue weighted by molar-refractivity contribution is 0.102. The molecule has 3 rings (SSSR count). The minimum Gasteiger partial charge on any atom is -0.337 e. The number of amides is 1. The molecule has 3 aromatic rings. The van der Waals surface area contributed by atoms with Gasteiger partial charge in [-0.2, -0.15) is 0 Å². The third-order valence-corrected chi connectivity index (χ3v) is 3.12. The Morgan fingerprint density at radius 2 is 1.67 bits per heavy atom. The van der Waals surface area contributed by atoms with Crippen molar-refractivity contribution in [3.63, 3.8) is 0 Å². The van der Waals surface area contributed by atoms with Crippen LogP contribution in [0.15, 0.2) is 60.9 Å². The summed E-state index contributed by atoms with van der Waals surface area (Å²) in [6.45, 7) is 0. The molecule has 1 heterocycles. The summed E-state index contributed by atoms with van der Waals surface area (Å²) in [6.07, 6.45) is 2.59. The number of anilines is 3. The average molecular weight is 326 g/mol. The van der Waals surface area contributed by atoms with Crippen molar-refractivity contribution < 1.29 is 13.6 Å². The van der Waals surface area contributed by atoms with E-state index in [4.69, 9.17) is 0 Å². The summed E-state index contributed by atoms with van der Waals surface area (Å²) in [4.78, 5) is 20.1. The molecule has 0 aliphatic carbocycles. The minimum atomic E-state index is -0.480. The maximum atomic E-state index is 13.6. The van der Waals surface area contributed by atoms with Gasteiger partial charge in [0.2, 0.25) is 0 Å². The summed E-state index contributed by atoms with van der Waals surface area (Å²) in [5.41, 5.74) is 0.783. The van der Waals surface area contributed by atoms with Gasteiger partial charge in [0, 0.05) is 5.69 Å². The Balaban J connectivity index is 1.68. The number of carbonyl (C=O) groups excluding carboxylic acids is 1. The summed E-state index contributed by atoms with van der Waals surface area (Å²) in [5, 5.41) is 5.35. The Bertz CT molecular complexity index is 851. The van der Waals surface area contributed by atoms with Crippen molar-refractivity contribution in [3.05, 3.63) is 78.3 Å². The van der Waals surface area contributed by atoms with Gasteiger partial charge in [0.05, 0.1) is 18.1 Å². The molecule has 120 valence electrons. The number of para-hydroxylation sites is 1. The van der Waals surface area contributed by atoms with Gasteiger partial charge >= 0.3 is 0 Å². The Morgan fingerprint density at radius 3 is 2.33 bits per heavy atom. The summed E-state index contributed by atoms with van der Waals surface area (Å²) in [7, 11) is 0. The van der Waals surface area contributed by atoms with Gasteiger partial charge in [-0.1, -0.05) is 12.1 Å². The van der Waals surface area contributed by atoms with Crippen LogP contribution in [0.4, 0.5) is 26.0 Å². The second kappa shape index (κ2) is 6.82. The van der Waals surface area contributed by atoms with E-state index in [-0.39, 0.29) is 11.4 Å². The third kappa shape index (κ3) is 3.70. The topological polar surface area (TPSA) is 66.9 Å². The van der Waals surface area contributed by atoms with Crippen molar-refractivity contribution in [2.24, 2.45) is 0 Å². The number of aromatic nitrogens is 2. The first-order valence-electron chi connectivity index (χ1n) is 7.02. The zero-order valence-electron chi connectivity index (χ0n) is 12.3. The van der Waals surface area contributed by atoms with Gasteiger partial charge in [0.25, 0.3) is 5.91 Å². The second-order valence-corrected chi connectivity index (χ2v) is 4.85. The molecule has 0 aliphatic heterocycles. The highest BCUT2D eigenvalue weighted by Crippen LogP contribution is 2.17. The highest BCUT2D eigenvalue weighted by Gasteiger charge is 2.09. The van der Waals surface area contributed by atoms with Gasteiger partial charge < -0.3 is 10.6 Å². The van der Waals surface area contributed by atoms with Gasteiger partial charge in [-0.3, -0.25) is 4.79 Å². The maximum Gasteiger partial charge on any atom is 0.275 e. The zero-order valence-corrected chi connectivity index (χ0v) is 12.3. The van der Waals surface area contributed by atoms with Crippen molar-refractivity contribution in [1.29, 1.82) is 0 Å². The maximum absolute atomic E-state index is 13.6. The Morgan fingerprint density at radius 1 is 0.917 bits per heavy atom. The Hall–Kier alpha value is -3.35. The number of hydrogen-bond acceptors (Lipinski definition) is 4. The van der Waals surface area contributed by atoms with Crippen LogP contribution in [-0.2, 0) is 0 Å². The Kier molecular flexibility index (Phi) is 4.42. The molecule has 0 unspecified atom stereocenters. The SMILES string of the molecule is O=C(Nc1ccc(F)cc1)c1cnc(Nc2ccccc2F)cn1. The zero-order chi connectivity index (χ0) is 16.9. The summed E-state index contributed by atoms with van der Waals surface area (Å²) in [5.74, 6) is -0.987. The largest absolute Gasteiger partial charge is 0.337 e. The van der Waals surface area contributed by atoms with Crippen LogP contribution in [0, 0.1) is 11.6 Å². The minimum absolute atomic E-state index is 0.0819. The monoisotopic (exact) mass is 326 g/mol. The smallest absolute Gasteiger partial charge is 0.275 e. The lowest BCUT2D eigenvalue weighted by Crippen LogP contribution is -2.14. The molecule has 0 saturated carbocycles. The molecular weight excluding hydrogens is 314 g/mol. The van der Waals surface area contributed by atoms with Crippen LogP contribution in [0.2, 0.25) is 0 Å². The molecule has 2 aromatic carbocycles. The number of carbonyl (C=O) groups is 1. The van der Waals surface area contributed by atoms with Crippen LogP contribution in [0.3, 0.4) is 0 Å². The highest BCUT2D eigenvalue weighted by molar-refractivity contribution is 6.02. The first-order chi connectivity index (χ1) is 11.6. The number of halogens is 2. The molecule has 7 heteroatoms. The van der Waals surface area contributed by atoms with Crippen LogP contribution < -0.4 is 10.6 Å². The van der Waals surface area contributed by atoms with Crippen molar-refractivity contribution in [1.82, 2.24) is 9.97 Å². The van der Waals surface area contributed by atoms with Crippen molar-refractivity contribution in [2.75, 3.05) is 10.6 Å². The predicted octanol–water partition coefficient (Wildman–Crippen LogP) is 3.75. The van der Waals surface area contributed by atoms with Crippen LogP contribution in [0.1, 0.15) is 10.5 Å². The van der Waals surface area contributed by atoms with E-state index >= 15 is 0 Å². The first kappa shape index (κ1) is 15.5. The molecular formula is C17H12F2N4O. The van der Waals surface area contributed by atoms with Gasteiger partial charge in [-0.25, -0.2) is 18.7 Å². The number of rotatable bonds is 4. The molecule has 2 N–H and O–H groups in total. The van der Waals surface area contributed by atoms with Crippen LogP contribution in [0.25, 0.3) is 0 Å². The van der Waals surface area contributed by atoms with E-state index in [9.17, 15) is 13.6 Å². The van der Waals surface area contributed by atoms with Crippen molar-refractivity contribution in [3.8, 4) is 0 Å². The molecule has 24 heavy (non-hydrogen) atoms. The van der Waals surface area contributed by atoms with E-state index in [2.05, 4.69) is 20.6 Å². The molecule has 1 aromatic heterocycles. The van der Waals surface area contributed by atoms with E-state index in [1.807, 2.05) is 0 Å². The number of benzene rings is 2. The van der Waals surface area contributed by atoms with Gasteiger partial charge in [-0.05, 0) is 36.4 Å². The van der Waals surface area contributed by atoms with Crippen molar-refractivity contribution >= 4 is 23.1 Å². The predicted molar refractivity (Wildman–Crippen MR) is 86.1 cm³/mol. The van der Waals surface area contributed by atoms with Crippen molar-refractivity contribution in [2.45, 2.75) is 0 Å². The lowest BCUT2D eigenvalue weighted by atomic mass is 10.3. The fourth-order valence-corrected chi connectivity index (χ4v) is 1.94. The molecule has 0 spiro atoms. The normalized spacial score (nSPS) is 10.2. The number of nitrogens with zero attached hydrogens (tertiary/aromatic N) is 2. The van der Waals surface area contributed by atoms with E-state index in [0.29, 0.717) is 11.5 Å². The van der Waals surface area contributed by atoms with Gasteiger partial charge in [0.1, 0.15) is 23.1 Å². The van der Waals surface area contributed by atoms with Crippen LogP contribution in [-0.4, -0.2) is 15.9 Å². The van der Waals surface area contributed by atoms with E-state index in [1.54, 1.807) is 18.2 Å². The van der Waals surface area contributed by atoms with Gasteiger partial charge in [0.15, 0.2) is 0 Å². The number of hydrogen-bond donors (Lipinski definition) is 2. The highest BCUT2D eigenvalue weighted by atomic mass is 19.1. The quantitative estimate of drug-likeness (QED) is 0.766. The standard InChI is InChI=1S/C17H12F2N4O/c18-11-5-7-12(8-6-11)22-17(24)15-9-21-16(10-20-15)23-14-4-2-1-3-13(14)19/h1-10H,(H,21,23)(H,22,24).